The van der Waals surface area contributed by atoms with Crippen LogP contribution >= 0.6 is 11.6 Å². The topological polar surface area (TPSA) is 41.4 Å². The lowest BCUT2D eigenvalue weighted by atomic mass is 10.0. The molecule has 0 spiro atoms. The van der Waals surface area contributed by atoms with Gasteiger partial charge in [0.05, 0.1) is 23.6 Å². The SMILES string of the molecule is CCN(Cc1nn(-c2ccc(F)cc2)c2c1CN(Cc1ccc(F)cc1)CC2)C(=O)c1cccc(Cl)c1. The maximum atomic E-state index is 13.6. The molecule has 0 unspecified atom stereocenters. The molecule has 4 aromatic rings. The Hall–Kier alpha value is -3.55. The van der Waals surface area contributed by atoms with Gasteiger partial charge in [0.15, 0.2) is 0 Å². The highest BCUT2D eigenvalue weighted by molar-refractivity contribution is 6.30. The number of aromatic nitrogens is 2. The first-order chi connectivity index (χ1) is 17.9. The Kier molecular flexibility index (Phi) is 7.35. The third kappa shape index (κ3) is 5.58. The molecule has 8 heteroatoms. The van der Waals surface area contributed by atoms with Crippen molar-refractivity contribution in [2.45, 2.75) is 33.0 Å². The Morgan fingerprint density at radius 1 is 1.03 bits per heavy atom. The molecule has 37 heavy (non-hydrogen) atoms. The molecule has 3 aromatic carbocycles. The molecule has 1 aromatic heterocycles. The van der Waals surface area contributed by atoms with E-state index in [0.717, 1.165) is 41.2 Å². The van der Waals surface area contributed by atoms with E-state index in [1.54, 1.807) is 53.4 Å². The number of nitrogens with zero attached hydrogens (tertiary/aromatic N) is 4. The third-order valence-electron chi connectivity index (χ3n) is 6.69. The smallest absolute Gasteiger partial charge is 0.254 e. The predicted octanol–water partition coefficient (Wildman–Crippen LogP) is 6.02. The van der Waals surface area contributed by atoms with Gasteiger partial charge < -0.3 is 4.90 Å². The molecule has 0 bridgehead atoms. The predicted molar refractivity (Wildman–Crippen MR) is 140 cm³/mol. The lowest BCUT2D eigenvalue weighted by Gasteiger charge is -2.28. The zero-order chi connectivity index (χ0) is 25.9. The molecule has 1 aliphatic rings. The molecule has 0 atom stereocenters. The fourth-order valence-corrected chi connectivity index (χ4v) is 4.95. The fourth-order valence-electron chi connectivity index (χ4n) is 4.76. The molecule has 0 N–H and O–H groups in total. The molecule has 1 amide bonds. The number of hydrogen-bond acceptors (Lipinski definition) is 3. The van der Waals surface area contributed by atoms with Crippen molar-refractivity contribution in [3.8, 4) is 5.69 Å². The van der Waals surface area contributed by atoms with Crippen LogP contribution in [0.1, 0.15) is 39.8 Å². The van der Waals surface area contributed by atoms with Crippen LogP contribution in [0.4, 0.5) is 8.78 Å². The maximum absolute atomic E-state index is 13.6. The van der Waals surface area contributed by atoms with E-state index in [0.29, 0.717) is 36.8 Å². The van der Waals surface area contributed by atoms with Crippen LogP contribution in [0.25, 0.3) is 5.69 Å². The molecule has 0 saturated carbocycles. The zero-order valence-corrected chi connectivity index (χ0v) is 21.3. The Labute approximate surface area is 219 Å². The van der Waals surface area contributed by atoms with E-state index in [1.807, 2.05) is 11.6 Å². The first-order valence-electron chi connectivity index (χ1n) is 12.3. The summed E-state index contributed by atoms with van der Waals surface area (Å²) in [7, 11) is 0. The molecule has 5 rings (SSSR count). The van der Waals surface area contributed by atoms with Gasteiger partial charge in [0, 0.05) is 48.7 Å². The highest BCUT2D eigenvalue weighted by atomic mass is 35.5. The molecule has 0 radical (unpaired) electrons. The molecule has 2 heterocycles. The number of amides is 1. The van der Waals surface area contributed by atoms with Crippen LogP contribution in [0.5, 0.6) is 0 Å². The summed E-state index contributed by atoms with van der Waals surface area (Å²) in [6, 6.07) is 19.8. The van der Waals surface area contributed by atoms with Crippen LogP contribution in [0.3, 0.4) is 0 Å². The summed E-state index contributed by atoms with van der Waals surface area (Å²) in [5.74, 6) is -0.676. The Morgan fingerprint density at radius 2 is 1.73 bits per heavy atom. The molecule has 0 saturated heterocycles. The maximum Gasteiger partial charge on any atom is 0.254 e. The number of carbonyl (C=O) groups is 1. The lowest BCUT2D eigenvalue weighted by Crippen LogP contribution is -2.33. The number of benzene rings is 3. The Morgan fingerprint density at radius 3 is 2.41 bits per heavy atom. The number of fused-ring (bicyclic) bond motifs is 1. The van der Waals surface area contributed by atoms with Gasteiger partial charge in [0.25, 0.3) is 5.91 Å². The van der Waals surface area contributed by atoms with Gasteiger partial charge in [-0.1, -0.05) is 29.8 Å². The van der Waals surface area contributed by atoms with Crippen molar-refractivity contribution in [1.82, 2.24) is 19.6 Å². The van der Waals surface area contributed by atoms with Crippen LogP contribution in [0.15, 0.2) is 72.8 Å². The summed E-state index contributed by atoms with van der Waals surface area (Å²) in [5, 5.41) is 5.43. The van der Waals surface area contributed by atoms with Crippen LogP contribution in [-0.2, 0) is 26.1 Å². The number of rotatable bonds is 7. The Balaban J connectivity index is 1.47. The van der Waals surface area contributed by atoms with Gasteiger partial charge in [0.2, 0.25) is 0 Å². The summed E-state index contributed by atoms with van der Waals surface area (Å²) in [6.07, 6.45) is 0.745. The largest absolute Gasteiger partial charge is 0.333 e. The van der Waals surface area contributed by atoms with E-state index in [9.17, 15) is 13.6 Å². The third-order valence-corrected chi connectivity index (χ3v) is 6.93. The van der Waals surface area contributed by atoms with E-state index < -0.39 is 0 Å². The summed E-state index contributed by atoms with van der Waals surface area (Å²) in [4.78, 5) is 17.3. The normalized spacial score (nSPS) is 13.4. The minimum Gasteiger partial charge on any atom is -0.333 e. The summed E-state index contributed by atoms with van der Waals surface area (Å²) in [5.41, 5.74) is 5.27. The molecular formula is C29H27ClF2N4O. The number of hydrogen-bond donors (Lipinski definition) is 0. The molecule has 1 aliphatic heterocycles. The second kappa shape index (κ2) is 10.8. The van der Waals surface area contributed by atoms with Gasteiger partial charge in [-0.15, -0.1) is 0 Å². The van der Waals surface area contributed by atoms with Gasteiger partial charge in [-0.2, -0.15) is 5.10 Å². The van der Waals surface area contributed by atoms with E-state index in [4.69, 9.17) is 16.7 Å². The van der Waals surface area contributed by atoms with Gasteiger partial charge in [-0.05, 0) is 67.1 Å². The highest BCUT2D eigenvalue weighted by Crippen LogP contribution is 2.28. The quantitative estimate of drug-likeness (QED) is 0.299. The van der Waals surface area contributed by atoms with E-state index in [2.05, 4.69) is 4.90 Å². The van der Waals surface area contributed by atoms with Crippen molar-refractivity contribution in [2.24, 2.45) is 0 Å². The minimum absolute atomic E-state index is 0.117. The van der Waals surface area contributed by atoms with Crippen molar-refractivity contribution in [3.05, 3.63) is 118 Å². The second-order valence-electron chi connectivity index (χ2n) is 9.18. The van der Waals surface area contributed by atoms with Crippen molar-refractivity contribution < 1.29 is 13.6 Å². The number of carbonyl (C=O) groups excluding carboxylic acids is 1. The van der Waals surface area contributed by atoms with Gasteiger partial charge in [-0.25, -0.2) is 13.5 Å². The van der Waals surface area contributed by atoms with Crippen LogP contribution in [0, 0.1) is 11.6 Å². The van der Waals surface area contributed by atoms with Gasteiger partial charge in [0.1, 0.15) is 11.6 Å². The first kappa shape index (κ1) is 25.1. The monoisotopic (exact) mass is 520 g/mol. The van der Waals surface area contributed by atoms with Crippen LogP contribution in [-0.4, -0.2) is 38.6 Å². The van der Waals surface area contributed by atoms with Crippen LogP contribution < -0.4 is 0 Å². The molecule has 0 fully saturated rings. The average Bonchev–Trinajstić information content (AvgIpc) is 3.26. The minimum atomic E-state index is -0.306. The van der Waals surface area contributed by atoms with Crippen molar-refractivity contribution in [1.29, 1.82) is 0 Å². The number of halogens is 3. The first-order valence-corrected chi connectivity index (χ1v) is 12.7. The molecule has 190 valence electrons. The standard InChI is InChI=1S/C29H27ClF2N4O/c1-2-35(29(37)21-4-3-5-22(30)16-21)19-27-26-18-34(17-20-6-8-23(31)9-7-20)15-14-28(26)36(33-27)25-12-10-24(32)11-13-25/h3-13,16H,2,14-15,17-19H2,1H3. The Bertz CT molecular complexity index is 1400. The zero-order valence-electron chi connectivity index (χ0n) is 20.5. The average molecular weight is 521 g/mol. The fraction of sp³-hybridized carbons (Fsp3) is 0.241. The molecule has 0 aliphatic carbocycles. The molecule has 5 nitrogen and oxygen atoms in total. The summed E-state index contributed by atoms with van der Waals surface area (Å²) in [6.45, 7) is 4.90. The van der Waals surface area contributed by atoms with Crippen LogP contribution in [0.2, 0.25) is 5.02 Å². The van der Waals surface area contributed by atoms with Crippen molar-refractivity contribution in [2.75, 3.05) is 13.1 Å². The molecular weight excluding hydrogens is 494 g/mol. The van der Waals surface area contributed by atoms with Crippen molar-refractivity contribution in [3.63, 3.8) is 0 Å². The summed E-state index contributed by atoms with van der Waals surface area (Å²) >= 11 is 6.13. The second-order valence-corrected chi connectivity index (χ2v) is 9.61. The lowest BCUT2D eigenvalue weighted by molar-refractivity contribution is 0.0749. The summed E-state index contributed by atoms with van der Waals surface area (Å²) < 4.78 is 28.9. The van der Waals surface area contributed by atoms with E-state index >= 15 is 0 Å². The van der Waals surface area contributed by atoms with E-state index in [1.165, 1.54) is 24.3 Å². The van der Waals surface area contributed by atoms with Crippen molar-refractivity contribution >= 4 is 17.5 Å². The highest BCUT2D eigenvalue weighted by Gasteiger charge is 2.27. The van der Waals surface area contributed by atoms with Gasteiger partial charge >= 0.3 is 0 Å². The van der Waals surface area contributed by atoms with E-state index in [-0.39, 0.29) is 17.5 Å². The van der Waals surface area contributed by atoms with Gasteiger partial charge in [-0.3, -0.25) is 9.69 Å².